The summed E-state index contributed by atoms with van der Waals surface area (Å²) in [5.74, 6) is 6.03. The lowest BCUT2D eigenvalue weighted by atomic mass is 9.87. The molecule has 0 atom stereocenters. The minimum atomic E-state index is 0. The van der Waals surface area contributed by atoms with Crippen LogP contribution in [0.3, 0.4) is 0 Å². The van der Waals surface area contributed by atoms with Gasteiger partial charge in [0.1, 0.15) is 0 Å². The van der Waals surface area contributed by atoms with E-state index in [-0.39, 0.29) is 12.4 Å². The van der Waals surface area contributed by atoms with Crippen molar-refractivity contribution in [1.82, 2.24) is 5.43 Å². The zero-order valence-electron chi connectivity index (χ0n) is 7.46. The minimum Gasteiger partial charge on any atom is -0.332 e. The summed E-state index contributed by atoms with van der Waals surface area (Å²) in [4.78, 5) is 0. The summed E-state index contributed by atoms with van der Waals surface area (Å²) in [5.41, 5.74) is 2.53. The smallest absolute Gasteiger partial charge is 0.00827 e. The van der Waals surface area contributed by atoms with E-state index < -0.39 is 0 Å². The summed E-state index contributed by atoms with van der Waals surface area (Å²) in [7, 11) is 0. The van der Waals surface area contributed by atoms with Gasteiger partial charge in [0.05, 0.1) is 0 Å². The van der Waals surface area contributed by atoms with Gasteiger partial charge in [-0.25, -0.2) is 0 Å². The summed E-state index contributed by atoms with van der Waals surface area (Å²) in [5, 5.41) is 0. The highest BCUT2D eigenvalue weighted by Crippen LogP contribution is 2.26. The Morgan fingerprint density at radius 3 is 2.50 bits per heavy atom. The Labute approximate surface area is 81.0 Å². The number of hydrogen-bond acceptors (Lipinski definition) is 2. The van der Waals surface area contributed by atoms with E-state index in [1.54, 1.807) is 0 Å². The molecule has 72 valence electrons. The molecular formula is C9H19ClN2. The van der Waals surface area contributed by atoms with Gasteiger partial charge in [-0.1, -0.05) is 38.2 Å². The number of halogens is 1. The number of allylic oxidation sites excluding steroid dienone is 1. The molecule has 3 heteroatoms. The Hall–Kier alpha value is -0.210. The molecule has 0 heterocycles. The van der Waals surface area contributed by atoms with E-state index in [4.69, 9.17) is 5.84 Å². The fourth-order valence-electron chi connectivity index (χ4n) is 1.75. The van der Waals surface area contributed by atoms with Crippen molar-refractivity contribution in [2.45, 2.75) is 38.5 Å². The van der Waals surface area contributed by atoms with Crippen LogP contribution in [0.2, 0.25) is 0 Å². The molecule has 0 radical (unpaired) electrons. The van der Waals surface area contributed by atoms with Gasteiger partial charge in [0, 0.05) is 6.20 Å². The van der Waals surface area contributed by atoms with Crippen LogP contribution in [0.5, 0.6) is 0 Å². The van der Waals surface area contributed by atoms with Crippen molar-refractivity contribution in [2.75, 3.05) is 0 Å². The lowest BCUT2D eigenvalue weighted by Gasteiger charge is -2.19. The maximum Gasteiger partial charge on any atom is 0.00827 e. The van der Waals surface area contributed by atoms with Crippen molar-refractivity contribution < 1.29 is 0 Å². The molecule has 0 bridgehead atoms. The first-order valence-corrected chi connectivity index (χ1v) is 4.54. The molecule has 1 aliphatic rings. The SMILES string of the molecule is Cl.NNC=CCC1CCCCC1. The van der Waals surface area contributed by atoms with E-state index in [0.29, 0.717) is 0 Å². The van der Waals surface area contributed by atoms with Crippen molar-refractivity contribution in [1.29, 1.82) is 0 Å². The topological polar surface area (TPSA) is 38.0 Å². The highest BCUT2D eigenvalue weighted by molar-refractivity contribution is 5.85. The van der Waals surface area contributed by atoms with E-state index in [0.717, 1.165) is 5.92 Å². The third-order valence-corrected chi connectivity index (χ3v) is 2.41. The second-order valence-electron chi connectivity index (χ2n) is 3.31. The second kappa shape index (κ2) is 7.44. The van der Waals surface area contributed by atoms with Crippen molar-refractivity contribution >= 4 is 12.4 Å². The number of nitrogens with one attached hydrogen (secondary N) is 1. The van der Waals surface area contributed by atoms with Gasteiger partial charge in [0.15, 0.2) is 0 Å². The van der Waals surface area contributed by atoms with Crippen LogP contribution in [0.25, 0.3) is 0 Å². The summed E-state index contributed by atoms with van der Waals surface area (Å²) in [6.07, 6.45) is 12.3. The van der Waals surface area contributed by atoms with Crippen molar-refractivity contribution in [3.63, 3.8) is 0 Å². The monoisotopic (exact) mass is 190 g/mol. The third kappa shape index (κ3) is 4.62. The Kier molecular flexibility index (Phi) is 7.31. The molecule has 0 aliphatic heterocycles. The highest BCUT2D eigenvalue weighted by atomic mass is 35.5. The molecule has 12 heavy (non-hydrogen) atoms. The fraction of sp³-hybridized carbons (Fsp3) is 0.778. The van der Waals surface area contributed by atoms with Crippen LogP contribution >= 0.6 is 12.4 Å². The minimum absolute atomic E-state index is 0. The molecule has 1 aliphatic carbocycles. The molecule has 0 aromatic carbocycles. The molecule has 1 rings (SSSR count). The van der Waals surface area contributed by atoms with Crippen LogP contribution < -0.4 is 11.3 Å². The van der Waals surface area contributed by atoms with E-state index in [1.807, 2.05) is 6.20 Å². The average Bonchev–Trinajstić information content (AvgIpc) is 2.07. The van der Waals surface area contributed by atoms with Gasteiger partial charge < -0.3 is 5.43 Å². The first kappa shape index (κ1) is 11.8. The van der Waals surface area contributed by atoms with Gasteiger partial charge in [-0.2, -0.15) is 0 Å². The van der Waals surface area contributed by atoms with Gasteiger partial charge in [0.25, 0.3) is 0 Å². The standard InChI is InChI=1S/C9H18N2.ClH/c10-11-8-4-7-9-5-2-1-3-6-9;/h4,8-9,11H,1-3,5-7,10H2;1H. The second-order valence-corrected chi connectivity index (χ2v) is 3.31. The number of nitrogens with two attached hydrogens (primary N) is 1. The summed E-state index contributed by atoms with van der Waals surface area (Å²) >= 11 is 0. The zero-order chi connectivity index (χ0) is 7.94. The van der Waals surface area contributed by atoms with E-state index in [2.05, 4.69) is 11.5 Å². The molecule has 0 amide bonds. The van der Waals surface area contributed by atoms with Gasteiger partial charge in [-0.05, 0) is 12.3 Å². The molecule has 3 N–H and O–H groups in total. The number of hydrazine groups is 1. The predicted molar refractivity (Wildman–Crippen MR) is 54.9 cm³/mol. The van der Waals surface area contributed by atoms with E-state index in [1.165, 1.54) is 38.5 Å². The lowest BCUT2D eigenvalue weighted by molar-refractivity contribution is 0.361. The number of rotatable bonds is 3. The zero-order valence-corrected chi connectivity index (χ0v) is 8.28. The van der Waals surface area contributed by atoms with Crippen LogP contribution in [0, 0.1) is 5.92 Å². The lowest BCUT2D eigenvalue weighted by Crippen LogP contribution is -2.13. The maximum atomic E-state index is 5.11. The Morgan fingerprint density at radius 1 is 1.25 bits per heavy atom. The summed E-state index contributed by atoms with van der Waals surface area (Å²) in [6, 6.07) is 0. The predicted octanol–water partition coefficient (Wildman–Crippen LogP) is 2.36. The molecule has 1 fully saturated rings. The van der Waals surface area contributed by atoms with Crippen molar-refractivity contribution in [3.05, 3.63) is 12.3 Å². The average molecular weight is 191 g/mol. The van der Waals surface area contributed by atoms with Gasteiger partial charge in [-0.3, -0.25) is 5.84 Å². The fourth-order valence-corrected chi connectivity index (χ4v) is 1.75. The third-order valence-electron chi connectivity index (χ3n) is 2.41. The van der Waals surface area contributed by atoms with Crippen molar-refractivity contribution in [3.8, 4) is 0 Å². The Balaban J connectivity index is 0.00000121. The van der Waals surface area contributed by atoms with Crippen LogP contribution in [0.1, 0.15) is 38.5 Å². The Morgan fingerprint density at radius 2 is 1.92 bits per heavy atom. The summed E-state index contributed by atoms with van der Waals surface area (Å²) < 4.78 is 0. The molecular weight excluding hydrogens is 172 g/mol. The van der Waals surface area contributed by atoms with Gasteiger partial charge >= 0.3 is 0 Å². The van der Waals surface area contributed by atoms with E-state index >= 15 is 0 Å². The first-order chi connectivity index (χ1) is 5.43. The molecule has 0 saturated heterocycles. The summed E-state index contributed by atoms with van der Waals surface area (Å²) in [6.45, 7) is 0. The normalized spacial score (nSPS) is 19.1. The first-order valence-electron chi connectivity index (χ1n) is 4.54. The maximum absolute atomic E-state index is 5.11. The highest BCUT2D eigenvalue weighted by Gasteiger charge is 2.10. The number of hydrogen-bond donors (Lipinski definition) is 2. The van der Waals surface area contributed by atoms with Crippen molar-refractivity contribution in [2.24, 2.45) is 11.8 Å². The van der Waals surface area contributed by atoms with E-state index in [9.17, 15) is 0 Å². The van der Waals surface area contributed by atoms with Gasteiger partial charge in [-0.15, -0.1) is 12.4 Å². The molecule has 2 nitrogen and oxygen atoms in total. The van der Waals surface area contributed by atoms with Crippen LogP contribution in [-0.4, -0.2) is 0 Å². The molecule has 0 aromatic rings. The molecule has 0 aromatic heterocycles. The van der Waals surface area contributed by atoms with Gasteiger partial charge in [0.2, 0.25) is 0 Å². The van der Waals surface area contributed by atoms with Crippen LogP contribution in [0.15, 0.2) is 12.3 Å². The largest absolute Gasteiger partial charge is 0.332 e. The molecule has 1 saturated carbocycles. The van der Waals surface area contributed by atoms with Crippen LogP contribution in [-0.2, 0) is 0 Å². The molecule has 0 unspecified atom stereocenters. The quantitative estimate of drug-likeness (QED) is 0.530. The van der Waals surface area contributed by atoms with Crippen LogP contribution in [0.4, 0.5) is 0 Å². The Bertz CT molecular complexity index is 120. The molecule has 0 spiro atoms.